The van der Waals surface area contributed by atoms with Gasteiger partial charge >= 0.3 is 0 Å². The van der Waals surface area contributed by atoms with Crippen molar-refractivity contribution in [1.29, 1.82) is 0 Å². The predicted molar refractivity (Wildman–Crippen MR) is 158 cm³/mol. The predicted octanol–water partition coefficient (Wildman–Crippen LogP) is 6.93. The molecule has 198 valence electrons. The largest absolute Gasteiger partial charge is 0.279 e. The third-order valence-corrected chi connectivity index (χ3v) is 9.76. The standard InChI is InChI=1S/C30H26ClN3O3S2/c1-21-13-18-26(31)28-27(21)32-30(38-28)34(20-23-11-7-4-8-12-23)29(35)24-14-16-25(17-15-24)39(36,37)33(2)19-22-9-5-3-6-10-22/h3-18H,19-20H2,1-2H3. The van der Waals surface area contributed by atoms with E-state index in [-0.39, 0.29) is 17.3 Å². The number of carbonyl (C=O) groups excluding carboxylic acids is 1. The normalized spacial score (nSPS) is 11.7. The molecule has 1 aromatic heterocycles. The lowest BCUT2D eigenvalue weighted by Gasteiger charge is -2.21. The highest BCUT2D eigenvalue weighted by molar-refractivity contribution is 7.89. The molecule has 0 N–H and O–H groups in total. The smallest absolute Gasteiger partial charge is 0.260 e. The zero-order chi connectivity index (χ0) is 27.6. The summed E-state index contributed by atoms with van der Waals surface area (Å²) in [5.74, 6) is -0.284. The number of halogens is 1. The van der Waals surface area contributed by atoms with Gasteiger partial charge in [-0.25, -0.2) is 13.4 Å². The van der Waals surface area contributed by atoms with E-state index in [1.54, 1.807) is 24.1 Å². The first-order valence-corrected chi connectivity index (χ1v) is 14.9. The SMILES string of the molecule is Cc1ccc(Cl)c2sc(N(Cc3ccccc3)C(=O)c3ccc(S(=O)(=O)N(C)Cc4ccccc4)cc3)nc12. The van der Waals surface area contributed by atoms with Crippen LogP contribution >= 0.6 is 22.9 Å². The second kappa shape index (κ2) is 11.3. The lowest BCUT2D eigenvalue weighted by atomic mass is 10.1. The summed E-state index contributed by atoms with van der Waals surface area (Å²) < 4.78 is 28.5. The summed E-state index contributed by atoms with van der Waals surface area (Å²) in [6.07, 6.45) is 0. The van der Waals surface area contributed by atoms with Crippen molar-refractivity contribution in [3.8, 4) is 0 Å². The van der Waals surface area contributed by atoms with Crippen LogP contribution in [0.2, 0.25) is 5.02 Å². The molecule has 6 nitrogen and oxygen atoms in total. The lowest BCUT2D eigenvalue weighted by molar-refractivity contribution is 0.0985. The monoisotopic (exact) mass is 575 g/mol. The van der Waals surface area contributed by atoms with Crippen LogP contribution in [0.5, 0.6) is 0 Å². The molecule has 0 spiro atoms. The Labute approximate surface area is 237 Å². The number of anilines is 1. The minimum absolute atomic E-state index is 0.120. The van der Waals surface area contributed by atoms with E-state index in [0.717, 1.165) is 26.9 Å². The molecule has 0 atom stereocenters. The molecule has 5 rings (SSSR count). The maximum absolute atomic E-state index is 13.8. The van der Waals surface area contributed by atoms with Crippen LogP contribution in [-0.2, 0) is 23.1 Å². The number of nitrogens with zero attached hydrogens (tertiary/aromatic N) is 3. The molecule has 0 unspecified atom stereocenters. The van der Waals surface area contributed by atoms with E-state index in [9.17, 15) is 13.2 Å². The van der Waals surface area contributed by atoms with Gasteiger partial charge in [-0.05, 0) is 53.9 Å². The van der Waals surface area contributed by atoms with E-state index in [4.69, 9.17) is 16.6 Å². The highest BCUT2D eigenvalue weighted by Crippen LogP contribution is 2.36. The van der Waals surface area contributed by atoms with Gasteiger partial charge in [0.25, 0.3) is 5.91 Å². The number of aryl methyl sites for hydroxylation is 1. The maximum atomic E-state index is 13.8. The van der Waals surface area contributed by atoms with Gasteiger partial charge in [0.2, 0.25) is 10.0 Å². The fourth-order valence-electron chi connectivity index (χ4n) is 4.23. The van der Waals surface area contributed by atoms with Crippen molar-refractivity contribution in [2.75, 3.05) is 11.9 Å². The molecule has 0 bridgehead atoms. The molecule has 5 aromatic rings. The topological polar surface area (TPSA) is 70.6 Å². The molecular formula is C30H26ClN3O3S2. The Hall–Kier alpha value is -3.56. The minimum atomic E-state index is -3.74. The number of thiazole rings is 1. The molecule has 1 heterocycles. The lowest BCUT2D eigenvalue weighted by Crippen LogP contribution is -2.30. The number of rotatable bonds is 8. The Morgan fingerprint density at radius 3 is 2.03 bits per heavy atom. The number of sulfonamides is 1. The van der Waals surface area contributed by atoms with Crippen molar-refractivity contribution in [1.82, 2.24) is 9.29 Å². The second-order valence-corrected chi connectivity index (χ2v) is 12.6. The van der Waals surface area contributed by atoms with Gasteiger partial charge < -0.3 is 0 Å². The molecule has 9 heteroatoms. The number of hydrogen-bond donors (Lipinski definition) is 0. The zero-order valence-electron chi connectivity index (χ0n) is 21.4. The first kappa shape index (κ1) is 27.0. The van der Waals surface area contributed by atoms with Crippen LogP contribution in [0.4, 0.5) is 5.13 Å². The quantitative estimate of drug-likeness (QED) is 0.201. The third kappa shape index (κ3) is 5.74. The number of aromatic nitrogens is 1. The molecule has 0 aliphatic heterocycles. The molecule has 1 amide bonds. The van der Waals surface area contributed by atoms with Crippen molar-refractivity contribution in [3.05, 3.63) is 124 Å². The van der Waals surface area contributed by atoms with E-state index < -0.39 is 10.0 Å². The molecule has 0 aliphatic carbocycles. The van der Waals surface area contributed by atoms with Gasteiger partial charge in [-0.2, -0.15) is 4.31 Å². The van der Waals surface area contributed by atoms with Crippen molar-refractivity contribution in [3.63, 3.8) is 0 Å². The molecule has 0 saturated heterocycles. The number of amides is 1. The molecule has 4 aromatic carbocycles. The fraction of sp³-hybridized carbons (Fsp3) is 0.133. The Kier molecular flexibility index (Phi) is 7.81. The summed E-state index contributed by atoms with van der Waals surface area (Å²) in [6, 6.07) is 28.8. The molecule has 0 fully saturated rings. The summed E-state index contributed by atoms with van der Waals surface area (Å²) in [5, 5.41) is 1.11. The molecule has 0 aliphatic rings. The van der Waals surface area contributed by atoms with Gasteiger partial charge in [0.1, 0.15) is 0 Å². The van der Waals surface area contributed by atoms with E-state index in [0.29, 0.717) is 22.3 Å². The van der Waals surface area contributed by atoms with Gasteiger partial charge in [0.15, 0.2) is 5.13 Å². The van der Waals surface area contributed by atoms with Crippen molar-refractivity contribution >= 4 is 54.2 Å². The summed E-state index contributed by atoms with van der Waals surface area (Å²) in [7, 11) is -2.20. The highest BCUT2D eigenvalue weighted by Gasteiger charge is 2.25. The van der Waals surface area contributed by atoms with Gasteiger partial charge in [-0.15, -0.1) is 0 Å². The average Bonchev–Trinajstić information content (AvgIpc) is 3.41. The van der Waals surface area contributed by atoms with Gasteiger partial charge in [0.05, 0.1) is 26.7 Å². The summed E-state index contributed by atoms with van der Waals surface area (Å²) in [6.45, 7) is 2.50. The number of hydrogen-bond acceptors (Lipinski definition) is 5. The Balaban J connectivity index is 1.45. The molecule has 0 saturated carbocycles. The van der Waals surface area contributed by atoms with E-state index in [1.807, 2.05) is 79.7 Å². The third-order valence-electron chi connectivity index (χ3n) is 6.40. The van der Waals surface area contributed by atoms with Gasteiger partial charge in [0, 0.05) is 19.2 Å². The maximum Gasteiger partial charge on any atom is 0.260 e. The summed E-state index contributed by atoms with van der Waals surface area (Å²) in [4.78, 5) is 20.3. The Morgan fingerprint density at radius 2 is 1.44 bits per heavy atom. The van der Waals surface area contributed by atoms with Crippen molar-refractivity contribution < 1.29 is 13.2 Å². The van der Waals surface area contributed by atoms with Crippen LogP contribution < -0.4 is 4.90 Å². The molecule has 39 heavy (non-hydrogen) atoms. The van der Waals surface area contributed by atoms with Crippen LogP contribution in [-0.4, -0.2) is 30.7 Å². The van der Waals surface area contributed by atoms with Crippen LogP contribution in [0.1, 0.15) is 27.0 Å². The van der Waals surface area contributed by atoms with Crippen molar-refractivity contribution in [2.45, 2.75) is 24.9 Å². The average molecular weight is 576 g/mol. The van der Waals surface area contributed by atoms with Crippen LogP contribution in [0.25, 0.3) is 10.2 Å². The van der Waals surface area contributed by atoms with E-state index in [2.05, 4.69) is 0 Å². The number of fused-ring (bicyclic) bond motifs is 1. The Bertz CT molecular complexity index is 1680. The molecule has 0 radical (unpaired) electrons. The minimum Gasteiger partial charge on any atom is -0.279 e. The Morgan fingerprint density at radius 1 is 0.846 bits per heavy atom. The number of carbonyl (C=O) groups is 1. The van der Waals surface area contributed by atoms with Gasteiger partial charge in [-0.3, -0.25) is 9.69 Å². The molecular weight excluding hydrogens is 550 g/mol. The summed E-state index contributed by atoms with van der Waals surface area (Å²) in [5.41, 5.74) is 3.92. The zero-order valence-corrected chi connectivity index (χ0v) is 23.8. The first-order valence-electron chi connectivity index (χ1n) is 12.3. The van der Waals surface area contributed by atoms with Crippen LogP contribution in [0, 0.1) is 6.92 Å². The van der Waals surface area contributed by atoms with E-state index >= 15 is 0 Å². The first-order chi connectivity index (χ1) is 18.7. The van der Waals surface area contributed by atoms with Gasteiger partial charge in [-0.1, -0.05) is 89.7 Å². The van der Waals surface area contributed by atoms with Crippen LogP contribution in [0.15, 0.2) is 102 Å². The summed E-state index contributed by atoms with van der Waals surface area (Å²) >= 11 is 7.81. The van der Waals surface area contributed by atoms with E-state index in [1.165, 1.54) is 27.8 Å². The fourth-order valence-corrected chi connectivity index (χ4v) is 6.70. The van der Waals surface area contributed by atoms with Crippen molar-refractivity contribution in [2.24, 2.45) is 0 Å². The highest BCUT2D eigenvalue weighted by atomic mass is 35.5. The second-order valence-electron chi connectivity index (χ2n) is 9.19. The number of benzene rings is 4. The van der Waals surface area contributed by atoms with Crippen LogP contribution in [0.3, 0.4) is 0 Å².